The van der Waals surface area contributed by atoms with Crippen molar-refractivity contribution in [2.45, 2.75) is 89.1 Å². The van der Waals surface area contributed by atoms with Crippen molar-refractivity contribution in [2.75, 3.05) is 7.11 Å². The van der Waals surface area contributed by atoms with Gasteiger partial charge in [-0.25, -0.2) is 8.78 Å². The zero-order chi connectivity index (χ0) is 24.6. The lowest BCUT2D eigenvalue weighted by Crippen LogP contribution is -2.32. The average Bonchev–Trinajstić information content (AvgIpc) is 3.36. The number of fused-ring (bicyclic) bond motifs is 1. The molecular weight excluding hydrogens is 442 g/mol. The van der Waals surface area contributed by atoms with Crippen LogP contribution in [0, 0.1) is 17.8 Å². The smallest absolute Gasteiger partial charge is 0.305 e. The van der Waals surface area contributed by atoms with Crippen LogP contribution in [-0.2, 0) is 19.0 Å². The normalized spacial score (nSPS) is 30.6. The molecule has 0 amide bonds. The Hall–Kier alpha value is -1.99. The Morgan fingerprint density at radius 1 is 1.32 bits per heavy atom. The van der Waals surface area contributed by atoms with E-state index in [2.05, 4.69) is 10.8 Å². The van der Waals surface area contributed by atoms with Gasteiger partial charge in [-0.05, 0) is 62.5 Å². The molecule has 2 saturated carbocycles. The van der Waals surface area contributed by atoms with E-state index in [0.29, 0.717) is 25.2 Å². The minimum Gasteiger partial charge on any atom is -0.469 e. The van der Waals surface area contributed by atoms with E-state index < -0.39 is 18.3 Å². The quantitative estimate of drug-likeness (QED) is 0.215. The maximum atomic E-state index is 14.3. The summed E-state index contributed by atoms with van der Waals surface area (Å²) < 4.78 is 45.1. The van der Waals surface area contributed by atoms with Crippen molar-refractivity contribution in [1.82, 2.24) is 0 Å². The Kier molecular flexibility index (Phi) is 9.89. The Morgan fingerprint density at radius 2 is 2.15 bits per heavy atom. The summed E-state index contributed by atoms with van der Waals surface area (Å²) in [6, 6.07) is 0. The number of aliphatic hydroxyl groups is 1. The van der Waals surface area contributed by atoms with Crippen molar-refractivity contribution in [1.29, 1.82) is 0 Å². The number of hydrogen-bond donors (Lipinski definition) is 1. The molecule has 190 valence electrons. The Bertz CT molecular complexity index is 788. The van der Waals surface area contributed by atoms with Gasteiger partial charge in [0, 0.05) is 18.8 Å². The first kappa shape index (κ1) is 26.6. The van der Waals surface area contributed by atoms with E-state index in [4.69, 9.17) is 9.47 Å². The highest BCUT2D eigenvalue weighted by Crippen LogP contribution is 2.52. The van der Waals surface area contributed by atoms with Crippen LogP contribution in [0.2, 0.25) is 0 Å². The van der Waals surface area contributed by atoms with Gasteiger partial charge in [0.25, 0.3) is 5.92 Å². The third kappa shape index (κ3) is 7.25. The lowest BCUT2D eigenvalue weighted by molar-refractivity contribution is -0.140. The van der Waals surface area contributed by atoms with E-state index in [1.807, 2.05) is 19.1 Å². The number of unbranched alkanes of at least 4 members (excludes halogenated alkanes) is 2. The van der Waals surface area contributed by atoms with Crippen molar-refractivity contribution in [2.24, 2.45) is 17.8 Å². The molecule has 0 aromatic heterocycles. The first-order valence-electron chi connectivity index (χ1n) is 12.5. The number of alkyl halides is 2. The number of allylic oxidation sites excluding steroid dienone is 4. The number of carbonyl (C=O) groups is 1. The minimum atomic E-state index is -3.14. The molecule has 34 heavy (non-hydrogen) atoms. The standard InChI is InChI=1S/C27H38F2O5/c1-3-4-14-27(28,29)24(30)13-12-21-22-17-19(9-5-6-10-25(31)32-2)16-20(22)18-23(21)34-26-11-7-8-15-33-26/h7-9,11-13,15,20-24,26,30H,3-6,10,14,16-18H2,1-2H3/b13-12+,19-9+/t20-,21?,22-,23+,24?,26-/m0/s1. The number of rotatable bonds is 12. The number of ether oxygens (including phenoxy) is 3. The second-order valence-electron chi connectivity index (χ2n) is 9.56. The fourth-order valence-corrected chi connectivity index (χ4v) is 5.27. The first-order chi connectivity index (χ1) is 16.3. The van der Waals surface area contributed by atoms with E-state index >= 15 is 0 Å². The molecule has 0 aromatic rings. The third-order valence-corrected chi connectivity index (χ3v) is 7.12. The van der Waals surface area contributed by atoms with E-state index in [0.717, 1.165) is 32.1 Å². The lowest BCUT2D eigenvalue weighted by atomic mass is 9.90. The predicted molar refractivity (Wildman–Crippen MR) is 126 cm³/mol. The van der Waals surface area contributed by atoms with Crippen LogP contribution in [0.1, 0.15) is 64.7 Å². The zero-order valence-corrected chi connectivity index (χ0v) is 20.2. The molecule has 5 nitrogen and oxygen atoms in total. The van der Waals surface area contributed by atoms with Crippen LogP contribution in [0.25, 0.3) is 0 Å². The SMILES string of the molecule is CCCCC(F)(F)C(O)/C=C/C1[C@H]2C/C(=C/CCCC(=O)OC)C[C@H]2C[C@H]1O[C@H]1C=CC=CO1. The molecule has 0 radical (unpaired) electrons. The molecule has 6 atom stereocenters. The maximum Gasteiger partial charge on any atom is 0.305 e. The van der Waals surface area contributed by atoms with Crippen molar-refractivity contribution < 1.29 is 32.9 Å². The summed E-state index contributed by atoms with van der Waals surface area (Å²) in [6.45, 7) is 1.86. The Labute approximate surface area is 201 Å². The minimum absolute atomic E-state index is 0.0782. The molecule has 3 rings (SSSR count). The van der Waals surface area contributed by atoms with Crippen LogP contribution < -0.4 is 0 Å². The monoisotopic (exact) mass is 480 g/mol. The van der Waals surface area contributed by atoms with Gasteiger partial charge in [-0.2, -0.15) is 0 Å². The van der Waals surface area contributed by atoms with E-state index in [-0.39, 0.29) is 30.3 Å². The summed E-state index contributed by atoms with van der Waals surface area (Å²) in [5, 5.41) is 10.2. The van der Waals surface area contributed by atoms with Crippen LogP contribution in [0.15, 0.2) is 48.3 Å². The highest BCUT2D eigenvalue weighted by atomic mass is 19.3. The summed E-state index contributed by atoms with van der Waals surface area (Å²) in [4.78, 5) is 11.3. The largest absolute Gasteiger partial charge is 0.469 e. The summed E-state index contributed by atoms with van der Waals surface area (Å²) >= 11 is 0. The van der Waals surface area contributed by atoms with Gasteiger partial charge in [0.2, 0.25) is 6.29 Å². The Morgan fingerprint density at radius 3 is 2.85 bits per heavy atom. The molecule has 2 aliphatic carbocycles. The first-order valence-corrected chi connectivity index (χ1v) is 12.5. The van der Waals surface area contributed by atoms with E-state index in [9.17, 15) is 18.7 Å². The van der Waals surface area contributed by atoms with Gasteiger partial charge in [0.05, 0.1) is 19.5 Å². The number of methoxy groups -OCH3 is 1. The maximum absolute atomic E-state index is 14.3. The van der Waals surface area contributed by atoms with Crippen LogP contribution in [0.5, 0.6) is 0 Å². The molecule has 0 saturated heterocycles. The number of aliphatic hydroxyl groups excluding tert-OH is 1. The average molecular weight is 481 g/mol. The molecule has 0 aromatic carbocycles. The highest BCUT2D eigenvalue weighted by molar-refractivity contribution is 5.69. The van der Waals surface area contributed by atoms with Crippen LogP contribution in [0.3, 0.4) is 0 Å². The van der Waals surface area contributed by atoms with Crippen LogP contribution in [-0.4, -0.2) is 42.6 Å². The van der Waals surface area contributed by atoms with Gasteiger partial charge in [-0.3, -0.25) is 4.79 Å². The summed E-state index contributed by atoms with van der Waals surface area (Å²) in [5.74, 6) is -2.75. The second kappa shape index (κ2) is 12.6. The molecule has 0 bridgehead atoms. The van der Waals surface area contributed by atoms with Gasteiger partial charge in [0.1, 0.15) is 6.10 Å². The van der Waals surface area contributed by atoms with Gasteiger partial charge < -0.3 is 19.3 Å². The fourth-order valence-electron chi connectivity index (χ4n) is 5.27. The molecular formula is C27H38F2O5. The topological polar surface area (TPSA) is 65.0 Å². The van der Waals surface area contributed by atoms with Crippen molar-refractivity contribution in [3.63, 3.8) is 0 Å². The molecule has 2 fully saturated rings. The van der Waals surface area contributed by atoms with Crippen LogP contribution >= 0.6 is 0 Å². The molecule has 7 heteroatoms. The number of halogens is 2. The van der Waals surface area contributed by atoms with Crippen LogP contribution in [0.4, 0.5) is 8.78 Å². The number of carbonyl (C=O) groups excluding carboxylic acids is 1. The number of hydrogen-bond acceptors (Lipinski definition) is 5. The van der Waals surface area contributed by atoms with Gasteiger partial charge in [-0.15, -0.1) is 0 Å². The summed E-state index contributed by atoms with van der Waals surface area (Å²) in [6.07, 6.45) is 15.2. The summed E-state index contributed by atoms with van der Waals surface area (Å²) in [5.41, 5.74) is 1.35. The molecule has 0 spiro atoms. The molecule has 1 heterocycles. The van der Waals surface area contributed by atoms with Gasteiger partial charge >= 0.3 is 5.97 Å². The Balaban J connectivity index is 1.66. The molecule has 3 aliphatic rings. The lowest BCUT2D eigenvalue weighted by Gasteiger charge is -2.26. The van der Waals surface area contributed by atoms with E-state index in [1.54, 1.807) is 18.4 Å². The van der Waals surface area contributed by atoms with Crippen molar-refractivity contribution >= 4 is 5.97 Å². The molecule has 2 unspecified atom stereocenters. The number of esters is 1. The molecule has 1 aliphatic heterocycles. The predicted octanol–water partition coefficient (Wildman–Crippen LogP) is 5.86. The zero-order valence-electron chi connectivity index (χ0n) is 20.2. The van der Waals surface area contributed by atoms with Gasteiger partial charge in [0.15, 0.2) is 0 Å². The summed E-state index contributed by atoms with van der Waals surface area (Å²) in [7, 11) is 1.40. The second-order valence-corrected chi connectivity index (χ2v) is 9.56. The third-order valence-electron chi connectivity index (χ3n) is 7.12. The van der Waals surface area contributed by atoms with Crippen molar-refractivity contribution in [3.05, 3.63) is 48.3 Å². The fraction of sp³-hybridized carbons (Fsp3) is 0.667. The highest BCUT2D eigenvalue weighted by Gasteiger charge is 2.47. The molecule has 1 N–H and O–H groups in total. The van der Waals surface area contributed by atoms with E-state index in [1.165, 1.54) is 18.8 Å². The van der Waals surface area contributed by atoms with Crippen molar-refractivity contribution in [3.8, 4) is 0 Å². The van der Waals surface area contributed by atoms with Gasteiger partial charge in [-0.1, -0.05) is 43.2 Å².